The molecule has 42 heavy (non-hydrogen) atoms. The minimum Gasteiger partial charge on any atom is -0.350 e. The minimum atomic E-state index is -0.333. The van der Waals surface area contributed by atoms with Gasteiger partial charge in [-0.25, -0.2) is 9.07 Å². The molecule has 1 N–H and O–H groups in total. The molecule has 6 nitrogen and oxygen atoms in total. The number of carbonyl (C=O) groups is 2. The molecule has 2 heterocycles. The predicted molar refractivity (Wildman–Crippen MR) is 168 cm³/mol. The van der Waals surface area contributed by atoms with Crippen molar-refractivity contribution in [1.82, 2.24) is 15.1 Å². The molecule has 1 atom stereocenters. The van der Waals surface area contributed by atoms with Gasteiger partial charge in [0.05, 0.1) is 22.4 Å². The summed E-state index contributed by atoms with van der Waals surface area (Å²) in [5.41, 5.74) is 7.55. The van der Waals surface area contributed by atoms with E-state index in [4.69, 9.17) is 5.10 Å². The quantitative estimate of drug-likeness (QED) is 0.273. The molecule has 0 saturated heterocycles. The van der Waals surface area contributed by atoms with Gasteiger partial charge in [-0.15, -0.1) is 11.8 Å². The molecular weight excluding hydrogens is 547 g/mol. The van der Waals surface area contributed by atoms with Crippen LogP contribution in [0.5, 0.6) is 0 Å². The average molecular weight is 585 g/mol. The molecule has 0 fully saturated rings. The van der Waals surface area contributed by atoms with E-state index in [1.54, 1.807) is 28.8 Å². The first-order valence-electron chi connectivity index (χ1n) is 14.1. The Balaban J connectivity index is 1.66. The lowest BCUT2D eigenvalue weighted by Gasteiger charge is -2.25. The summed E-state index contributed by atoms with van der Waals surface area (Å²) in [6.07, 6.45) is 0. The lowest BCUT2D eigenvalue weighted by Crippen LogP contribution is -2.42. The Bertz CT molecular complexity index is 1640. The number of aromatic nitrogens is 2. The predicted octanol–water partition coefficient (Wildman–Crippen LogP) is 6.72. The molecular formula is C34H37FN4O2S. The van der Waals surface area contributed by atoms with Gasteiger partial charge in [0, 0.05) is 17.5 Å². The van der Waals surface area contributed by atoms with Gasteiger partial charge in [0.15, 0.2) is 0 Å². The molecule has 0 aliphatic carbocycles. The Morgan fingerprint density at radius 2 is 1.74 bits per heavy atom. The summed E-state index contributed by atoms with van der Waals surface area (Å²) in [4.78, 5) is 28.9. The van der Waals surface area contributed by atoms with E-state index in [0.29, 0.717) is 5.82 Å². The molecule has 1 aromatic heterocycles. The lowest BCUT2D eigenvalue weighted by atomic mass is 9.87. The first-order valence-corrected chi connectivity index (χ1v) is 15.2. The van der Waals surface area contributed by atoms with Crippen molar-refractivity contribution in [2.24, 2.45) is 0 Å². The third-order valence-corrected chi connectivity index (χ3v) is 8.68. The van der Waals surface area contributed by atoms with Crippen LogP contribution in [0.15, 0.2) is 66.7 Å². The Morgan fingerprint density at radius 3 is 2.40 bits per heavy atom. The SMILES string of the molecule is Cc1cccc([C@@H]2SCC(=O)N(CC(=O)NCc3ccc(F)cc3)c3c2c(C(C)(C)C)nn3-c2ccc(C)cc2C)c1. The number of rotatable bonds is 6. The van der Waals surface area contributed by atoms with Gasteiger partial charge in [0.1, 0.15) is 18.2 Å². The number of nitrogens with one attached hydrogen (secondary N) is 1. The van der Waals surface area contributed by atoms with Gasteiger partial charge in [0.2, 0.25) is 11.8 Å². The second kappa shape index (κ2) is 11.8. The molecule has 4 aromatic rings. The van der Waals surface area contributed by atoms with E-state index in [-0.39, 0.29) is 47.1 Å². The highest BCUT2D eigenvalue weighted by Gasteiger charge is 2.40. The highest BCUT2D eigenvalue weighted by atomic mass is 32.2. The van der Waals surface area contributed by atoms with Crippen LogP contribution in [-0.2, 0) is 21.5 Å². The lowest BCUT2D eigenvalue weighted by molar-refractivity contribution is -0.123. The summed E-state index contributed by atoms with van der Waals surface area (Å²) >= 11 is 1.57. The van der Waals surface area contributed by atoms with Crippen LogP contribution in [0.2, 0.25) is 0 Å². The van der Waals surface area contributed by atoms with Crippen LogP contribution in [-0.4, -0.2) is 33.9 Å². The number of halogens is 1. The highest BCUT2D eigenvalue weighted by molar-refractivity contribution is 8.00. The van der Waals surface area contributed by atoms with Crippen molar-refractivity contribution >= 4 is 29.4 Å². The van der Waals surface area contributed by atoms with Crippen LogP contribution in [0.25, 0.3) is 5.69 Å². The van der Waals surface area contributed by atoms with Crippen LogP contribution in [0.3, 0.4) is 0 Å². The fourth-order valence-electron chi connectivity index (χ4n) is 5.38. The number of nitrogens with zero attached hydrogens (tertiary/aromatic N) is 3. The Kier molecular flexibility index (Phi) is 8.28. The van der Waals surface area contributed by atoms with Gasteiger partial charge >= 0.3 is 0 Å². The Labute approximate surface area is 251 Å². The Hall–Kier alpha value is -3.91. The summed E-state index contributed by atoms with van der Waals surface area (Å²) in [5, 5.41) is 7.96. The second-order valence-corrected chi connectivity index (χ2v) is 13.1. The maximum Gasteiger partial charge on any atom is 0.240 e. The van der Waals surface area contributed by atoms with Crippen LogP contribution in [0.4, 0.5) is 10.2 Å². The second-order valence-electron chi connectivity index (χ2n) is 12.0. The summed E-state index contributed by atoms with van der Waals surface area (Å²) in [6, 6.07) is 20.6. The molecule has 2 amide bonds. The molecule has 5 rings (SSSR count). The fourth-order valence-corrected chi connectivity index (χ4v) is 6.57. The van der Waals surface area contributed by atoms with Crippen molar-refractivity contribution in [2.45, 2.75) is 58.8 Å². The summed E-state index contributed by atoms with van der Waals surface area (Å²) in [7, 11) is 0. The third-order valence-electron chi connectivity index (χ3n) is 7.43. The molecule has 0 bridgehead atoms. The van der Waals surface area contributed by atoms with Crippen molar-refractivity contribution in [2.75, 3.05) is 17.2 Å². The van der Waals surface area contributed by atoms with Crippen molar-refractivity contribution in [3.05, 3.63) is 112 Å². The zero-order valence-electron chi connectivity index (χ0n) is 25.0. The first-order chi connectivity index (χ1) is 19.9. The molecule has 1 aliphatic heterocycles. The van der Waals surface area contributed by atoms with Gasteiger partial charge in [-0.1, -0.05) is 80.4 Å². The van der Waals surface area contributed by atoms with Crippen molar-refractivity contribution in [1.29, 1.82) is 0 Å². The first kappa shape index (κ1) is 29.6. The number of hydrogen-bond donors (Lipinski definition) is 1. The van der Waals surface area contributed by atoms with Crippen LogP contribution < -0.4 is 10.2 Å². The third kappa shape index (κ3) is 6.14. The van der Waals surface area contributed by atoms with E-state index >= 15 is 0 Å². The van der Waals surface area contributed by atoms with Crippen molar-refractivity contribution in [3.8, 4) is 5.69 Å². The molecule has 3 aromatic carbocycles. The van der Waals surface area contributed by atoms with Gasteiger partial charge in [-0.05, 0) is 55.7 Å². The monoisotopic (exact) mass is 584 g/mol. The van der Waals surface area contributed by atoms with Gasteiger partial charge < -0.3 is 5.32 Å². The number of aryl methyl sites for hydroxylation is 3. The van der Waals surface area contributed by atoms with Crippen LogP contribution in [0, 0.1) is 26.6 Å². The largest absolute Gasteiger partial charge is 0.350 e. The number of thioether (sulfide) groups is 1. The Morgan fingerprint density at radius 1 is 1.02 bits per heavy atom. The molecule has 1 aliphatic rings. The van der Waals surface area contributed by atoms with E-state index in [1.165, 1.54) is 12.1 Å². The van der Waals surface area contributed by atoms with E-state index in [0.717, 1.165) is 44.8 Å². The summed E-state index contributed by atoms with van der Waals surface area (Å²) < 4.78 is 15.2. The number of amides is 2. The van der Waals surface area contributed by atoms with Crippen LogP contribution >= 0.6 is 11.8 Å². The molecule has 218 valence electrons. The maximum absolute atomic E-state index is 13.9. The standard InChI is InChI=1S/C34H37FN4O2S/c1-21-8-7-9-25(17-21)31-30-32(34(4,5)6)37-39(27-15-10-22(2)16-23(27)3)33(30)38(29(41)20-42-31)19-28(40)36-18-24-11-13-26(35)14-12-24/h7-17,31H,18-20H2,1-6H3,(H,36,40)/t31-/m0/s1. The fraction of sp³-hybridized carbons (Fsp3) is 0.324. The summed E-state index contributed by atoms with van der Waals surface area (Å²) in [6.45, 7) is 12.6. The van der Waals surface area contributed by atoms with Gasteiger partial charge in [0.25, 0.3) is 0 Å². The van der Waals surface area contributed by atoms with E-state index in [2.05, 4.69) is 57.3 Å². The minimum absolute atomic E-state index is 0.148. The topological polar surface area (TPSA) is 67.2 Å². The number of anilines is 1. The smallest absolute Gasteiger partial charge is 0.240 e. The van der Waals surface area contributed by atoms with E-state index < -0.39 is 0 Å². The number of hydrogen-bond acceptors (Lipinski definition) is 4. The zero-order chi connectivity index (χ0) is 30.2. The number of carbonyl (C=O) groups excluding carboxylic acids is 2. The normalized spacial score (nSPS) is 15.4. The highest BCUT2D eigenvalue weighted by Crippen LogP contribution is 2.48. The zero-order valence-corrected chi connectivity index (χ0v) is 25.8. The van der Waals surface area contributed by atoms with Crippen molar-refractivity contribution in [3.63, 3.8) is 0 Å². The van der Waals surface area contributed by atoms with Gasteiger partial charge in [-0.3, -0.25) is 14.5 Å². The number of fused-ring (bicyclic) bond motifs is 1. The molecule has 0 radical (unpaired) electrons. The molecule has 0 unspecified atom stereocenters. The van der Waals surface area contributed by atoms with Gasteiger partial charge in [-0.2, -0.15) is 5.10 Å². The average Bonchev–Trinajstić information content (AvgIpc) is 3.25. The maximum atomic E-state index is 13.9. The molecule has 0 spiro atoms. The van der Waals surface area contributed by atoms with Crippen LogP contribution in [0.1, 0.15) is 65.1 Å². The van der Waals surface area contributed by atoms with E-state index in [9.17, 15) is 14.0 Å². The summed E-state index contributed by atoms with van der Waals surface area (Å²) in [5.74, 6) is 0.0609. The molecule has 0 saturated carbocycles. The molecule has 8 heteroatoms. The number of benzene rings is 3. The van der Waals surface area contributed by atoms with E-state index in [1.807, 2.05) is 36.7 Å². The van der Waals surface area contributed by atoms with Crippen molar-refractivity contribution < 1.29 is 14.0 Å².